The predicted molar refractivity (Wildman–Crippen MR) is 70.3 cm³/mol. The molecule has 7 nitrogen and oxygen atoms in total. The van der Waals surface area contributed by atoms with Gasteiger partial charge >= 0.3 is 0 Å². The van der Waals surface area contributed by atoms with Gasteiger partial charge in [0.1, 0.15) is 24.2 Å². The quantitative estimate of drug-likeness (QED) is 0.772. The molecule has 1 saturated heterocycles. The summed E-state index contributed by atoms with van der Waals surface area (Å²) in [5.41, 5.74) is 0.344. The van der Waals surface area contributed by atoms with Crippen LogP contribution in [0.2, 0.25) is 0 Å². The molecule has 110 valence electrons. The van der Waals surface area contributed by atoms with Crippen LogP contribution in [-0.2, 0) is 14.2 Å². The monoisotopic (exact) mass is 281 g/mol. The van der Waals surface area contributed by atoms with E-state index < -0.39 is 0 Å². The van der Waals surface area contributed by atoms with Crippen molar-refractivity contribution in [2.24, 2.45) is 0 Å². The minimum atomic E-state index is -0.232. The van der Waals surface area contributed by atoms with Crippen LogP contribution in [0.4, 0.5) is 0 Å². The van der Waals surface area contributed by atoms with Crippen LogP contribution in [-0.4, -0.2) is 73.5 Å². The Morgan fingerprint density at radius 3 is 2.80 bits per heavy atom. The fourth-order valence-electron chi connectivity index (χ4n) is 2.33. The Hall–Kier alpha value is -1.57. The van der Waals surface area contributed by atoms with Gasteiger partial charge in [0.05, 0.1) is 19.3 Å². The molecule has 0 aliphatic carbocycles. The number of carbonyl (C=O) groups excluding carboxylic acids is 1. The van der Waals surface area contributed by atoms with Crippen molar-refractivity contribution in [1.29, 1.82) is 0 Å². The molecule has 3 atom stereocenters. The Labute approximate surface area is 117 Å². The lowest BCUT2D eigenvalue weighted by atomic mass is 10.0. The lowest BCUT2D eigenvalue weighted by molar-refractivity contribution is -0.147. The van der Waals surface area contributed by atoms with Gasteiger partial charge in [0.15, 0.2) is 0 Å². The Morgan fingerprint density at radius 2 is 2.20 bits per heavy atom. The summed E-state index contributed by atoms with van der Waals surface area (Å²) in [4.78, 5) is 21.7. The summed E-state index contributed by atoms with van der Waals surface area (Å²) in [5, 5.41) is 0. The molecule has 1 aromatic heterocycles. The average Bonchev–Trinajstić information content (AvgIpc) is 2.53. The maximum atomic E-state index is 12.4. The van der Waals surface area contributed by atoms with Crippen LogP contribution in [0.5, 0.6) is 0 Å². The number of hydrogen-bond donors (Lipinski definition) is 0. The van der Waals surface area contributed by atoms with Crippen LogP contribution in [0.15, 0.2) is 18.6 Å². The van der Waals surface area contributed by atoms with E-state index in [9.17, 15) is 4.79 Å². The van der Waals surface area contributed by atoms with E-state index in [2.05, 4.69) is 9.97 Å². The Morgan fingerprint density at radius 1 is 1.40 bits per heavy atom. The Balaban J connectivity index is 2.14. The summed E-state index contributed by atoms with van der Waals surface area (Å²) in [7, 11) is 4.93. The molecule has 0 spiro atoms. The van der Waals surface area contributed by atoms with Crippen LogP contribution < -0.4 is 0 Å². The molecular formula is C13H19N3O4. The fraction of sp³-hybridized carbons (Fsp3) is 0.615. The zero-order chi connectivity index (χ0) is 14.5. The molecule has 0 radical (unpaired) electrons. The van der Waals surface area contributed by atoms with Crippen LogP contribution in [0, 0.1) is 0 Å². The molecule has 1 aliphatic rings. The summed E-state index contributed by atoms with van der Waals surface area (Å²) < 4.78 is 16.3. The topological polar surface area (TPSA) is 73.8 Å². The van der Waals surface area contributed by atoms with E-state index in [0.717, 1.165) is 0 Å². The molecular weight excluding hydrogens is 262 g/mol. The second-order valence-corrected chi connectivity index (χ2v) is 4.59. The van der Waals surface area contributed by atoms with E-state index in [0.29, 0.717) is 18.9 Å². The van der Waals surface area contributed by atoms with Crippen molar-refractivity contribution in [3.63, 3.8) is 0 Å². The number of carbonyl (C=O) groups is 1. The second kappa shape index (κ2) is 6.74. The minimum absolute atomic E-state index is 0.195. The summed E-state index contributed by atoms with van der Waals surface area (Å²) >= 11 is 0. The zero-order valence-electron chi connectivity index (χ0n) is 11.9. The maximum absolute atomic E-state index is 12.4. The van der Waals surface area contributed by atoms with Crippen molar-refractivity contribution in [2.75, 3.05) is 34.5 Å². The van der Waals surface area contributed by atoms with E-state index in [1.807, 2.05) is 0 Å². The van der Waals surface area contributed by atoms with E-state index in [-0.39, 0.29) is 24.2 Å². The highest BCUT2D eigenvalue weighted by Gasteiger charge is 2.38. The van der Waals surface area contributed by atoms with Crippen LogP contribution in [0.3, 0.4) is 0 Å². The van der Waals surface area contributed by atoms with Crippen LogP contribution in [0.25, 0.3) is 0 Å². The van der Waals surface area contributed by atoms with Crippen molar-refractivity contribution in [3.05, 3.63) is 24.3 Å². The third kappa shape index (κ3) is 2.95. The standard InChI is InChI=1S/C13H19N3O4/c1-16(13(17)9-4-5-14-8-15-9)10-6-20-7-11(18-2)12(10)19-3/h4-5,8,10-12H,6-7H2,1-3H3/t10-,11-,12+/m1/s1. The number of likely N-dealkylation sites (N-methyl/N-ethyl adjacent to an activating group) is 1. The first kappa shape index (κ1) is 14.8. The highest BCUT2D eigenvalue weighted by atomic mass is 16.6. The normalized spacial score (nSPS) is 26.2. The largest absolute Gasteiger partial charge is 0.376 e. The molecule has 7 heteroatoms. The summed E-state index contributed by atoms with van der Waals surface area (Å²) in [6.07, 6.45) is 2.46. The first-order valence-corrected chi connectivity index (χ1v) is 6.35. The molecule has 0 saturated carbocycles. The van der Waals surface area contributed by atoms with Crippen LogP contribution >= 0.6 is 0 Å². The van der Waals surface area contributed by atoms with Crippen molar-refractivity contribution >= 4 is 5.91 Å². The van der Waals surface area contributed by atoms with Crippen molar-refractivity contribution < 1.29 is 19.0 Å². The molecule has 0 aromatic carbocycles. The molecule has 1 fully saturated rings. The number of rotatable bonds is 4. The van der Waals surface area contributed by atoms with Crippen molar-refractivity contribution in [1.82, 2.24) is 14.9 Å². The molecule has 0 bridgehead atoms. The average molecular weight is 281 g/mol. The van der Waals surface area contributed by atoms with Gasteiger partial charge < -0.3 is 19.1 Å². The highest BCUT2D eigenvalue weighted by Crippen LogP contribution is 2.19. The second-order valence-electron chi connectivity index (χ2n) is 4.59. The summed E-state index contributed by atoms with van der Waals surface area (Å²) in [6, 6.07) is 1.36. The molecule has 0 unspecified atom stereocenters. The number of hydrogen-bond acceptors (Lipinski definition) is 6. The molecule has 1 aliphatic heterocycles. The maximum Gasteiger partial charge on any atom is 0.272 e. The van der Waals surface area contributed by atoms with Crippen molar-refractivity contribution in [3.8, 4) is 0 Å². The van der Waals surface area contributed by atoms with E-state index in [1.165, 1.54) is 12.5 Å². The summed E-state index contributed by atoms with van der Waals surface area (Å²) in [5.74, 6) is -0.195. The molecule has 1 amide bonds. The molecule has 2 heterocycles. The van der Waals surface area contributed by atoms with Gasteiger partial charge in [-0.15, -0.1) is 0 Å². The van der Waals surface area contributed by atoms with E-state index >= 15 is 0 Å². The highest BCUT2D eigenvalue weighted by molar-refractivity contribution is 5.92. The van der Waals surface area contributed by atoms with Crippen LogP contribution in [0.1, 0.15) is 10.5 Å². The number of amides is 1. The number of aromatic nitrogens is 2. The van der Waals surface area contributed by atoms with Gasteiger partial charge in [-0.3, -0.25) is 4.79 Å². The molecule has 0 N–H and O–H groups in total. The smallest absolute Gasteiger partial charge is 0.272 e. The first-order chi connectivity index (χ1) is 9.69. The first-order valence-electron chi connectivity index (χ1n) is 6.35. The van der Waals surface area contributed by atoms with Gasteiger partial charge in [0, 0.05) is 27.5 Å². The fourth-order valence-corrected chi connectivity index (χ4v) is 2.33. The SMILES string of the molecule is CO[C@H]1[C@H](N(C)C(=O)c2ccncn2)COC[C@H]1OC. The van der Waals surface area contributed by atoms with Gasteiger partial charge in [-0.1, -0.05) is 0 Å². The van der Waals surface area contributed by atoms with Gasteiger partial charge in [-0.05, 0) is 6.07 Å². The van der Waals surface area contributed by atoms with Gasteiger partial charge in [0.2, 0.25) is 0 Å². The lowest BCUT2D eigenvalue weighted by Crippen LogP contribution is -2.57. The predicted octanol–water partition coefficient (Wildman–Crippen LogP) is -0.0226. The van der Waals surface area contributed by atoms with Crippen molar-refractivity contribution in [2.45, 2.75) is 18.2 Å². The third-order valence-electron chi connectivity index (χ3n) is 3.51. The minimum Gasteiger partial charge on any atom is -0.376 e. The number of nitrogens with zero attached hydrogens (tertiary/aromatic N) is 3. The van der Waals surface area contributed by atoms with E-state index in [1.54, 1.807) is 32.2 Å². The number of methoxy groups -OCH3 is 2. The summed E-state index contributed by atoms with van der Waals surface area (Å²) in [6.45, 7) is 0.868. The Bertz CT molecular complexity index is 443. The third-order valence-corrected chi connectivity index (χ3v) is 3.51. The lowest BCUT2D eigenvalue weighted by Gasteiger charge is -2.40. The zero-order valence-corrected chi connectivity index (χ0v) is 11.9. The van der Waals surface area contributed by atoms with E-state index in [4.69, 9.17) is 14.2 Å². The molecule has 1 aromatic rings. The molecule has 20 heavy (non-hydrogen) atoms. The Kier molecular flexibility index (Phi) is 4.99. The van der Waals surface area contributed by atoms with Gasteiger partial charge in [0.25, 0.3) is 5.91 Å². The van der Waals surface area contributed by atoms with Gasteiger partial charge in [-0.2, -0.15) is 0 Å². The molecule has 2 rings (SSSR count). The number of ether oxygens (including phenoxy) is 3. The van der Waals surface area contributed by atoms with Gasteiger partial charge in [-0.25, -0.2) is 9.97 Å².